The first kappa shape index (κ1) is 11.2. The summed E-state index contributed by atoms with van der Waals surface area (Å²) in [7, 11) is 0. The SMILES string of the molecule is N[C@@H](CS)C(=O)O.[LiH]. The molecule has 0 aromatic heterocycles. The molecule has 3 nitrogen and oxygen atoms in total. The second kappa shape index (κ2) is 5.51. The molecule has 0 aliphatic rings. The van der Waals surface area contributed by atoms with Gasteiger partial charge < -0.3 is 10.8 Å². The molecule has 0 aromatic carbocycles. The fourth-order valence-corrected chi connectivity index (χ4v) is 0.234. The van der Waals surface area contributed by atoms with Crippen molar-refractivity contribution >= 4 is 37.5 Å². The average Bonchev–Trinajstić information content (AvgIpc) is 1.65. The van der Waals surface area contributed by atoms with Crippen LogP contribution in [0.1, 0.15) is 0 Å². The van der Waals surface area contributed by atoms with Crippen LogP contribution in [0.15, 0.2) is 0 Å². The van der Waals surface area contributed by atoms with E-state index < -0.39 is 12.0 Å². The van der Waals surface area contributed by atoms with Gasteiger partial charge in [0.25, 0.3) is 0 Å². The Morgan fingerprint density at radius 3 is 2.25 bits per heavy atom. The van der Waals surface area contributed by atoms with E-state index in [4.69, 9.17) is 10.8 Å². The fraction of sp³-hybridized carbons (Fsp3) is 0.667. The number of hydrogen-bond donors (Lipinski definition) is 3. The Morgan fingerprint density at radius 1 is 1.88 bits per heavy atom. The van der Waals surface area contributed by atoms with Crippen LogP contribution in [0.3, 0.4) is 0 Å². The number of carboxylic acids is 1. The van der Waals surface area contributed by atoms with Crippen molar-refractivity contribution in [2.45, 2.75) is 6.04 Å². The van der Waals surface area contributed by atoms with Gasteiger partial charge in [-0.25, -0.2) is 0 Å². The van der Waals surface area contributed by atoms with Crippen molar-refractivity contribution in [3.8, 4) is 0 Å². The molecule has 0 unspecified atom stereocenters. The Kier molecular flexibility index (Phi) is 7.73. The number of nitrogens with two attached hydrogens (primary N) is 1. The first-order valence-corrected chi connectivity index (χ1v) is 2.41. The summed E-state index contributed by atoms with van der Waals surface area (Å²) in [6.07, 6.45) is 0. The third kappa shape index (κ3) is 4.53. The zero-order valence-corrected chi connectivity index (χ0v) is 4.56. The summed E-state index contributed by atoms with van der Waals surface area (Å²) in [4.78, 5) is 9.76. The van der Waals surface area contributed by atoms with E-state index in [0.29, 0.717) is 0 Å². The van der Waals surface area contributed by atoms with Gasteiger partial charge in [0.15, 0.2) is 0 Å². The van der Waals surface area contributed by atoms with Crippen molar-refractivity contribution in [1.29, 1.82) is 0 Å². The van der Waals surface area contributed by atoms with Crippen molar-refractivity contribution in [1.82, 2.24) is 0 Å². The second-order valence-electron chi connectivity index (χ2n) is 1.13. The van der Waals surface area contributed by atoms with E-state index in [2.05, 4.69) is 12.6 Å². The molecule has 0 saturated heterocycles. The molecule has 0 aromatic rings. The van der Waals surface area contributed by atoms with E-state index in [9.17, 15) is 4.79 Å². The van der Waals surface area contributed by atoms with Crippen LogP contribution in [0.2, 0.25) is 0 Å². The maximum atomic E-state index is 9.76. The quantitative estimate of drug-likeness (QED) is 0.320. The number of aliphatic carboxylic acids is 1. The average molecular weight is 129 g/mol. The summed E-state index contributed by atoms with van der Waals surface area (Å²) in [6, 6.07) is -0.816. The third-order valence-electron chi connectivity index (χ3n) is 0.514. The van der Waals surface area contributed by atoms with E-state index >= 15 is 0 Å². The number of carboxylic acid groups (broad SMARTS) is 1. The van der Waals surface area contributed by atoms with Crippen LogP contribution in [-0.4, -0.2) is 41.7 Å². The van der Waals surface area contributed by atoms with Crippen molar-refractivity contribution in [3.05, 3.63) is 0 Å². The summed E-state index contributed by atoms with van der Waals surface area (Å²) in [5, 5.41) is 8.01. The van der Waals surface area contributed by atoms with Crippen molar-refractivity contribution < 1.29 is 9.90 Å². The molecule has 8 heavy (non-hydrogen) atoms. The van der Waals surface area contributed by atoms with Crippen LogP contribution in [0.4, 0.5) is 0 Å². The van der Waals surface area contributed by atoms with E-state index in [-0.39, 0.29) is 24.6 Å². The van der Waals surface area contributed by atoms with Gasteiger partial charge >= 0.3 is 24.8 Å². The minimum absolute atomic E-state index is 0. The molecular weight excluding hydrogens is 121 g/mol. The molecule has 0 heterocycles. The predicted molar refractivity (Wildman–Crippen MR) is 36.6 cm³/mol. The molecule has 5 heteroatoms. The number of hydrogen-bond acceptors (Lipinski definition) is 3. The van der Waals surface area contributed by atoms with Crippen molar-refractivity contribution in [2.75, 3.05) is 5.75 Å². The zero-order chi connectivity index (χ0) is 5.86. The van der Waals surface area contributed by atoms with Crippen LogP contribution >= 0.6 is 12.6 Å². The van der Waals surface area contributed by atoms with Gasteiger partial charge in [0.1, 0.15) is 6.04 Å². The van der Waals surface area contributed by atoms with Crippen LogP contribution in [0.5, 0.6) is 0 Å². The molecular formula is C3H8LiNO2S. The third-order valence-corrected chi connectivity index (χ3v) is 0.907. The summed E-state index contributed by atoms with van der Waals surface area (Å²) >= 11 is 3.65. The standard InChI is InChI=1S/C3H7NO2S.Li.H/c4-2(1-7)3(5)6;;/h2,7H,1,4H2,(H,5,6);;/t2-;;/m0../s1. The number of rotatable bonds is 2. The van der Waals surface area contributed by atoms with Gasteiger partial charge in [-0.15, -0.1) is 0 Å². The minimum atomic E-state index is -1.00. The Morgan fingerprint density at radius 2 is 2.25 bits per heavy atom. The maximum absolute atomic E-state index is 9.76. The Balaban J connectivity index is 0. The van der Waals surface area contributed by atoms with Crippen molar-refractivity contribution in [2.24, 2.45) is 5.73 Å². The van der Waals surface area contributed by atoms with E-state index in [1.54, 1.807) is 0 Å². The topological polar surface area (TPSA) is 63.3 Å². The van der Waals surface area contributed by atoms with Gasteiger partial charge in [-0.3, -0.25) is 4.79 Å². The molecule has 0 rings (SSSR count). The molecule has 0 aliphatic carbocycles. The van der Waals surface area contributed by atoms with Gasteiger partial charge in [0, 0.05) is 5.75 Å². The van der Waals surface area contributed by atoms with Gasteiger partial charge in [-0.2, -0.15) is 12.6 Å². The Labute approximate surface area is 65.2 Å². The fourth-order valence-electron chi connectivity index (χ4n) is 0.0781. The van der Waals surface area contributed by atoms with Gasteiger partial charge in [-0.1, -0.05) is 0 Å². The van der Waals surface area contributed by atoms with Gasteiger partial charge in [0.2, 0.25) is 0 Å². The van der Waals surface area contributed by atoms with E-state index in [1.807, 2.05) is 0 Å². The molecule has 0 aliphatic heterocycles. The number of carbonyl (C=O) groups is 1. The monoisotopic (exact) mass is 129 g/mol. The van der Waals surface area contributed by atoms with Crippen LogP contribution in [0.25, 0.3) is 0 Å². The van der Waals surface area contributed by atoms with Gasteiger partial charge in [-0.05, 0) is 0 Å². The van der Waals surface area contributed by atoms with Crippen LogP contribution in [-0.2, 0) is 4.79 Å². The molecule has 0 amide bonds. The normalized spacial score (nSPS) is 11.8. The molecule has 0 bridgehead atoms. The Hall–Kier alpha value is 0.377. The predicted octanol–water partition coefficient (Wildman–Crippen LogP) is -1.32. The first-order valence-electron chi connectivity index (χ1n) is 1.77. The summed E-state index contributed by atoms with van der Waals surface area (Å²) < 4.78 is 0. The summed E-state index contributed by atoms with van der Waals surface area (Å²) in [6.45, 7) is 0. The summed E-state index contributed by atoms with van der Waals surface area (Å²) in [5.41, 5.74) is 4.94. The first-order chi connectivity index (χ1) is 3.18. The summed E-state index contributed by atoms with van der Waals surface area (Å²) in [5.74, 6) is -0.815. The molecule has 44 valence electrons. The van der Waals surface area contributed by atoms with Crippen LogP contribution < -0.4 is 5.73 Å². The van der Waals surface area contributed by atoms with Crippen LogP contribution in [0, 0.1) is 0 Å². The zero-order valence-electron chi connectivity index (χ0n) is 3.66. The molecule has 0 radical (unpaired) electrons. The second-order valence-corrected chi connectivity index (χ2v) is 1.49. The number of thiol groups is 1. The molecule has 1 atom stereocenters. The van der Waals surface area contributed by atoms with E-state index in [0.717, 1.165) is 0 Å². The van der Waals surface area contributed by atoms with Gasteiger partial charge in [0.05, 0.1) is 0 Å². The molecule has 0 saturated carbocycles. The molecule has 0 fully saturated rings. The van der Waals surface area contributed by atoms with E-state index in [1.165, 1.54) is 0 Å². The molecule has 0 spiro atoms. The van der Waals surface area contributed by atoms with Crippen molar-refractivity contribution in [3.63, 3.8) is 0 Å². The Bertz CT molecular complexity index is 79.7. The molecule has 3 N–H and O–H groups in total.